The number of pyridine rings is 1. The minimum atomic E-state index is -4.55. The number of carbonyl (C=O) groups excluding carboxylic acids is 2. The van der Waals surface area contributed by atoms with Crippen LogP contribution < -0.4 is 5.32 Å². The molecule has 2 amide bonds. The molecule has 0 aliphatic carbocycles. The highest BCUT2D eigenvalue weighted by Crippen LogP contribution is 2.34. The van der Waals surface area contributed by atoms with E-state index in [0.29, 0.717) is 41.8 Å². The highest BCUT2D eigenvalue weighted by Gasteiger charge is 2.33. The van der Waals surface area contributed by atoms with Gasteiger partial charge in [-0.2, -0.15) is 13.2 Å². The third-order valence-corrected chi connectivity index (χ3v) is 6.72. The van der Waals surface area contributed by atoms with E-state index in [9.17, 15) is 27.2 Å². The van der Waals surface area contributed by atoms with E-state index in [0.717, 1.165) is 17.4 Å². The van der Waals surface area contributed by atoms with E-state index in [4.69, 9.17) is 0 Å². The molecular formula is C22H19F4N3O2S. The van der Waals surface area contributed by atoms with Crippen molar-refractivity contribution in [2.45, 2.75) is 32.0 Å². The zero-order valence-electron chi connectivity index (χ0n) is 17.0. The number of amides is 2. The van der Waals surface area contributed by atoms with Gasteiger partial charge in [-0.05, 0) is 49.6 Å². The smallest absolute Gasteiger partial charge is 0.348 e. The number of nitrogens with zero attached hydrogens (tertiary/aromatic N) is 2. The van der Waals surface area contributed by atoms with Gasteiger partial charge in [0, 0.05) is 24.5 Å². The molecule has 10 heteroatoms. The van der Waals surface area contributed by atoms with Gasteiger partial charge in [-0.25, -0.2) is 9.37 Å². The van der Waals surface area contributed by atoms with Crippen molar-refractivity contribution in [3.63, 3.8) is 0 Å². The molecule has 1 saturated heterocycles. The highest BCUT2D eigenvalue weighted by atomic mass is 32.1. The molecule has 0 spiro atoms. The Morgan fingerprint density at radius 2 is 1.81 bits per heavy atom. The van der Waals surface area contributed by atoms with Crippen molar-refractivity contribution in [1.82, 2.24) is 15.2 Å². The van der Waals surface area contributed by atoms with Gasteiger partial charge in [-0.15, -0.1) is 11.3 Å². The predicted molar refractivity (Wildman–Crippen MR) is 112 cm³/mol. The van der Waals surface area contributed by atoms with Crippen molar-refractivity contribution in [3.8, 4) is 0 Å². The van der Waals surface area contributed by atoms with Crippen LogP contribution in [0.15, 0.2) is 36.4 Å². The fourth-order valence-electron chi connectivity index (χ4n) is 3.76. The molecule has 168 valence electrons. The van der Waals surface area contributed by atoms with Crippen LogP contribution in [0.3, 0.4) is 0 Å². The molecule has 4 rings (SSSR count). The molecule has 3 heterocycles. The van der Waals surface area contributed by atoms with Crippen LogP contribution in [0.2, 0.25) is 0 Å². The van der Waals surface area contributed by atoms with Gasteiger partial charge in [-0.1, -0.05) is 12.1 Å². The Balaban J connectivity index is 1.42. The molecule has 5 nitrogen and oxygen atoms in total. The van der Waals surface area contributed by atoms with Crippen molar-refractivity contribution in [2.24, 2.45) is 0 Å². The maximum absolute atomic E-state index is 13.9. The number of nitrogens with one attached hydrogen (secondary N) is 1. The number of piperidine rings is 1. The van der Waals surface area contributed by atoms with E-state index in [1.165, 1.54) is 24.3 Å². The lowest BCUT2D eigenvalue weighted by atomic mass is 10.0. The Kier molecular flexibility index (Phi) is 5.89. The van der Waals surface area contributed by atoms with Crippen LogP contribution >= 0.6 is 11.3 Å². The van der Waals surface area contributed by atoms with Crippen LogP contribution in [0.1, 0.15) is 44.1 Å². The number of hydrogen-bond donors (Lipinski definition) is 1. The van der Waals surface area contributed by atoms with Crippen molar-refractivity contribution in [2.75, 3.05) is 13.1 Å². The van der Waals surface area contributed by atoms with Crippen LogP contribution in [0, 0.1) is 12.7 Å². The predicted octanol–water partition coefficient (Wildman–Crippen LogP) is 4.80. The lowest BCUT2D eigenvalue weighted by Crippen LogP contribution is -2.46. The van der Waals surface area contributed by atoms with E-state index >= 15 is 0 Å². The van der Waals surface area contributed by atoms with Crippen molar-refractivity contribution >= 4 is 33.4 Å². The summed E-state index contributed by atoms with van der Waals surface area (Å²) in [5.74, 6) is -1.34. The lowest BCUT2D eigenvalue weighted by Gasteiger charge is -2.32. The number of fused-ring (bicyclic) bond motifs is 1. The van der Waals surface area contributed by atoms with Crippen molar-refractivity contribution < 1.29 is 27.2 Å². The molecule has 0 atom stereocenters. The summed E-state index contributed by atoms with van der Waals surface area (Å²) in [6, 6.07) is 7.84. The minimum Gasteiger partial charge on any atom is -0.348 e. The Hall–Kier alpha value is -3.01. The summed E-state index contributed by atoms with van der Waals surface area (Å²) in [6.45, 7) is 2.40. The second-order valence-corrected chi connectivity index (χ2v) is 8.62. The zero-order chi connectivity index (χ0) is 23.0. The molecule has 0 bridgehead atoms. The van der Waals surface area contributed by atoms with Crippen molar-refractivity contribution in [1.29, 1.82) is 0 Å². The number of carbonyl (C=O) groups is 2. The topological polar surface area (TPSA) is 62.3 Å². The third-order valence-electron chi connectivity index (χ3n) is 5.52. The first-order chi connectivity index (χ1) is 15.1. The quantitative estimate of drug-likeness (QED) is 0.566. The number of benzene rings is 1. The number of likely N-dealkylation sites (tertiary alicyclic amines) is 1. The zero-order valence-corrected chi connectivity index (χ0v) is 17.8. The molecule has 32 heavy (non-hydrogen) atoms. The standard InChI is InChI=1S/C22H19F4N3O2S/c1-12-14-6-7-17(22(24,25)26)28-20(14)32-18(12)19(30)27-13-8-10-29(11-9-13)21(31)15-4-2-3-5-16(15)23/h2-7,13H,8-11H2,1H3,(H,27,30). The molecule has 0 radical (unpaired) electrons. The molecule has 0 saturated carbocycles. The molecular weight excluding hydrogens is 446 g/mol. The summed E-state index contributed by atoms with van der Waals surface area (Å²) >= 11 is 0.926. The first-order valence-electron chi connectivity index (χ1n) is 9.97. The van der Waals surface area contributed by atoms with E-state index in [-0.39, 0.29) is 28.3 Å². The summed E-state index contributed by atoms with van der Waals surface area (Å²) < 4.78 is 52.6. The van der Waals surface area contributed by atoms with Crippen molar-refractivity contribution in [3.05, 3.63) is 63.9 Å². The van der Waals surface area contributed by atoms with Gasteiger partial charge < -0.3 is 10.2 Å². The summed E-state index contributed by atoms with van der Waals surface area (Å²) in [7, 11) is 0. The number of halogens is 4. The maximum atomic E-state index is 13.9. The Morgan fingerprint density at radius 3 is 2.47 bits per heavy atom. The van der Waals surface area contributed by atoms with E-state index < -0.39 is 17.7 Å². The van der Waals surface area contributed by atoms with E-state index in [2.05, 4.69) is 10.3 Å². The Labute approximate surface area is 185 Å². The summed E-state index contributed by atoms with van der Waals surface area (Å²) in [6.07, 6.45) is -3.57. The minimum absolute atomic E-state index is 0.0154. The molecule has 1 aliphatic rings. The fraction of sp³-hybridized carbons (Fsp3) is 0.318. The van der Waals surface area contributed by atoms with E-state index in [1.54, 1.807) is 17.9 Å². The summed E-state index contributed by atoms with van der Waals surface area (Å²) in [5, 5.41) is 3.41. The first kappa shape index (κ1) is 22.2. The van der Waals surface area contributed by atoms with Crippen LogP contribution in [0.4, 0.5) is 17.6 Å². The number of thiophene rings is 1. The fourth-order valence-corrected chi connectivity index (χ4v) is 4.84. The molecule has 0 unspecified atom stereocenters. The average molecular weight is 465 g/mol. The average Bonchev–Trinajstić information content (AvgIpc) is 3.10. The Morgan fingerprint density at radius 1 is 1.12 bits per heavy atom. The van der Waals surface area contributed by atoms with Gasteiger partial charge in [0.25, 0.3) is 11.8 Å². The number of rotatable bonds is 3. The summed E-state index contributed by atoms with van der Waals surface area (Å²) in [4.78, 5) is 31.0. The first-order valence-corrected chi connectivity index (χ1v) is 10.8. The van der Waals surface area contributed by atoms with Gasteiger partial charge in [0.2, 0.25) is 0 Å². The van der Waals surface area contributed by atoms with Gasteiger partial charge in [-0.3, -0.25) is 9.59 Å². The van der Waals surface area contributed by atoms with Crippen LogP contribution in [-0.2, 0) is 6.18 Å². The number of alkyl halides is 3. The second kappa shape index (κ2) is 8.50. The van der Waals surface area contributed by atoms with Crippen LogP contribution in [0.5, 0.6) is 0 Å². The highest BCUT2D eigenvalue weighted by molar-refractivity contribution is 7.20. The Bertz CT molecular complexity index is 1180. The second-order valence-electron chi connectivity index (χ2n) is 7.62. The molecule has 1 aliphatic heterocycles. The van der Waals surface area contributed by atoms with Crippen LogP contribution in [-0.4, -0.2) is 40.8 Å². The third kappa shape index (κ3) is 4.32. The maximum Gasteiger partial charge on any atom is 0.433 e. The van der Waals surface area contributed by atoms with E-state index in [1.807, 2.05) is 0 Å². The van der Waals surface area contributed by atoms with Gasteiger partial charge >= 0.3 is 6.18 Å². The monoisotopic (exact) mass is 465 g/mol. The summed E-state index contributed by atoms with van der Waals surface area (Å²) in [5.41, 5.74) is -0.400. The molecule has 1 fully saturated rings. The molecule has 3 aromatic rings. The van der Waals surface area contributed by atoms with Gasteiger partial charge in [0.15, 0.2) is 0 Å². The molecule has 2 aromatic heterocycles. The number of hydrogen-bond acceptors (Lipinski definition) is 4. The molecule has 1 aromatic carbocycles. The van der Waals surface area contributed by atoms with Crippen LogP contribution in [0.25, 0.3) is 10.2 Å². The van der Waals surface area contributed by atoms with Gasteiger partial charge in [0.05, 0.1) is 10.4 Å². The normalized spacial score (nSPS) is 15.2. The molecule has 1 N–H and O–H groups in total. The van der Waals surface area contributed by atoms with Gasteiger partial charge in [0.1, 0.15) is 16.3 Å². The number of aryl methyl sites for hydroxylation is 1. The SMILES string of the molecule is Cc1c(C(=O)NC2CCN(C(=O)c3ccccc3F)CC2)sc2nc(C(F)(F)F)ccc12. The number of aromatic nitrogens is 1. The lowest BCUT2D eigenvalue weighted by molar-refractivity contribution is -0.140. The largest absolute Gasteiger partial charge is 0.433 e.